The van der Waals surface area contributed by atoms with Crippen molar-refractivity contribution >= 4 is 6.09 Å². The smallest absolute Gasteiger partial charge is 0.407 e. The minimum atomic E-state index is -0.463. The fraction of sp³-hybridized carbons (Fsp3) is 0.917. The van der Waals surface area contributed by atoms with Gasteiger partial charge in [-0.3, -0.25) is 0 Å². The lowest BCUT2D eigenvalue weighted by atomic mass is 10.2. The van der Waals surface area contributed by atoms with Crippen LogP contribution >= 0.6 is 0 Å². The van der Waals surface area contributed by atoms with E-state index in [2.05, 4.69) is 24.6 Å². The Labute approximate surface area is 104 Å². The summed E-state index contributed by atoms with van der Waals surface area (Å²) in [6.07, 6.45) is -0.407. The monoisotopic (exact) mass is 246 g/mol. The molecule has 0 aliphatic rings. The number of rotatable bonds is 6. The average molecular weight is 246 g/mol. The molecule has 1 unspecified atom stereocenters. The van der Waals surface area contributed by atoms with Crippen LogP contribution in [-0.2, 0) is 9.57 Å². The van der Waals surface area contributed by atoms with Crippen molar-refractivity contribution in [2.75, 3.05) is 13.2 Å². The Morgan fingerprint density at radius 3 is 2.29 bits per heavy atom. The molecule has 17 heavy (non-hydrogen) atoms. The maximum Gasteiger partial charge on any atom is 0.407 e. The Hall–Kier alpha value is -0.810. The molecule has 2 N–H and O–H groups in total. The Kier molecular flexibility index (Phi) is 7.15. The molecule has 102 valence electrons. The number of amides is 1. The largest absolute Gasteiger partial charge is 0.444 e. The standard InChI is InChI=1S/C12H26N2O3/c1-9(2)8-16-14-10(3)7-13-11(15)17-12(4,5)6/h9-10,14H,7-8H2,1-6H3,(H,13,15). The van der Waals surface area contributed by atoms with Gasteiger partial charge in [0.2, 0.25) is 0 Å². The second-order valence-electron chi connectivity index (χ2n) is 5.61. The van der Waals surface area contributed by atoms with Crippen molar-refractivity contribution in [3.63, 3.8) is 0 Å². The predicted molar refractivity (Wildman–Crippen MR) is 67.6 cm³/mol. The van der Waals surface area contributed by atoms with Gasteiger partial charge >= 0.3 is 6.09 Å². The van der Waals surface area contributed by atoms with E-state index in [0.717, 1.165) is 0 Å². The highest BCUT2D eigenvalue weighted by Gasteiger charge is 2.16. The third kappa shape index (κ3) is 11.5. The van der Waals surface area contributed by atoms with Crippen molar-refractivity contribution in [3.8, 4) is 0 Å². The van der Waals surface area contributed by atoms with E-state index in [9.17, 15) is 4.79 Å². The van der Waals surface area contributed by atoms with E-state index < -0.39 is 11.7 Å². The lowest BCUT2D eigenvalue weighted by molar-refractivity contribution is 0.00345. The summed E-state index contributed by atoms with van der Waals surface area (Å²) in [7, 11) is 0. The molecular formula is C12H26N2O3. The molecule has 1 amide bonds. The van der Waals surface area contributed by atoms with Crippen LogP contribution < -0.4 is 10.8 Å². The van der Waals surface area contributed by atoms with Gasteiger partial charge in [-0.15, -0.1) is 0 Å². The Morgan fingerprint density at radius 1 is 1.24 bits per heavy atom. The van der Waals surface area contributed by atoms with Crippen molar-refractivity contribution in [2.45, 2.75) is 53.2 Å². The summed E-state index contributed by atoms with van der Waals surface area (Å²) in [5, 5.41) is 2.67. The third-order valence-corrected chi connectivity index (χ3v) is 1.65. The second kappa shape index (κ2) is 7.50. The minimum absolute atomic E-state index is 0.0428. The number of carbonyl (C=O) groups is 1. The number of nitrogens with one attached hydrogen (secondary N) is 2. The van der Waals surface area contributed by atoms with Gasteiger partial charge < -0.3 is 14.9 Å². The van der Waals surface area contributed by atoms with Crippen LogP contribution in [0.4, 0.5) is 4.79 Å². The molecule has 0 aromatic heterocycles. The summed E-state index contributed by atoms with van der Waals surface area (Å²) in [6, 6.07) is 0.0428. The summed E-state index contributed by atoms with van der Waals surface area (Å²) in [6.45, 7) is 12.7. The van der Waals surface area contributed by atoms with Crippen molar-refractivity contribution in [1.82, 2.24) is 10.8 Å². The molecule has 0 radical (unpaired) electrons. The van der Waals surface area contributed by atoms with Gasteiger partial charge in [-0.05, 0) is 33.6 Å². The molecule has 0 aliphatic carbocycles. The summed E-state index contributed by atoms with van der Waals surface area (Å²) in [5.74, 6) is 0.480. The predicted octanol–water partition coefficient (Wildman–Crippen LogP) is 2.08. The zero-order valence-electron chi connectivity index (χ0n) is 11.8. The normalized spacial score (nSPS) is 13.6. The zero-order chi connectivity index (χ0) is 13.5. The van der Waals surface area contributed by atoms with Crippen LogP contribution in [0.5, 0.6) is 0 Å². The van der Waals surface area contributed by atoms with Gasteiger partial charge in [-0.25, -0.2) is 4.79 Å². The fourth-order valence-corrected chi connectivity index (χ4v) is 0.949. The number of alkyl carbamates (subject to hydrolysis) is 1. The van der Waals surface area contributed by atoms with Crippen LogP contribution in [-0.4, -0.2) is 30.9 Å². The van der Waals surface area contributed by atoms with E-state index in [1.165, 1.54) is 0 Å². The van der Waals surface area contributed by atoms with E-state index in [-0.39, 0.29) is 6.04 Å². The Morgan fingerprint density at radius 2 is 1.82 bits per heavy atom. The fourth-order valence-electron chi connectivity index (χ4n) is 0.949. The van der Waals surface area contributed by atoms with Crippen LogP contribution in [0.3, 0.4) is 0 Å². The van der Waals surface area contributed by atoms with E-state index in [1.54, 1.807) is 0 Å². The molecule has 0 aromatic rings. The number of carbonyl (C=O) groups excluding carboxylic acids is 1. The molecule has 0 rings (SSSR count). The highest BCUT2D eigenvalue weighted by atomic mass is 16.6. The second-order valence-corrected chi connectivity index (χ2v) is 5.61. The van der Waals surface area contributed by atoms with Crippen LogP contribution in [0.1, 0.15) is 41.5 Å². The first-order valence-electron chi connectivity index (χ1n) is 6.05. The molecule has 0 spiro atoms. The van der Waals surface area contributed by atoms with E-state index in [4.69, 9.17) is 9.57 Å². The lowest BCUT2D eigenvalue weighted by Gasteiger charge is -2.21. The van der Waals surface area contributed by atoms with E-state index in [1.807, 2.05) is 27.7 Å². The van der Waals surface area contributed by atoms with Gasteiger partial charge in [0, 0.05) is 12.6 Å². The molecule has 5 nitrogen and oxygen atoms in total. The van der Waals surface area contributed by atoms with Crippen LogP contribution in [0.25, 0.3) is 0 Å². The zero-order valence-corrected chi connectivity index (χ0v) is 11.8. The van der Waals surface area contributed by atoms with Crippen LogP contribution in [0.15, 0.2) is 0 Å². The van der Waals surface area contributed by atoms with Crippen molar-refractivity contribution in [2.24, 2.45) is 5.92 Å². The lowest BCUT2D eigenvalue weighted by Crippen LogP contribution is -2.41. The summed E-state index contributed by atoms with van der Waals surface area (Å²) >= 11 is 0. The van der Waals surface area contributed by atoms with Gasteiger partial charge in [0.05, 0.1) is 6.61 Å². The first-order chi connectivity index (χ1) is 7.70. The number of hydrogen-bond acceptors (Lipinski definition) is 4. The molecule has 0 heterocycles. The van der Waals surface area contributed by atoms with E-state index in [0.29, 0.717) is 19.1 Å². The van der Waals surface area contributed by atoms with Crippen molar-refractivity contribution in [1.29, 1.82) is 0 Å². The molecule has 5 heteroatoms. The molecule has 0 saturated carbocycles. The first kappa shape index (κ1) is 16.2. The number of hydrogen-bond donors (Lipinski definition) is 2. The molecule has 0 saturated heterocycles. The van der Waals surface area contributed by atoms with Crippen LogP contribution in [0, 0.1) is 5.92 Å². The molecule has 0 aromatic carbocycles. The summed E-state index contributed by atoms with van der Waals surface area (Å²) in [5.41, 5.74) is 2.40. The van der Waals surface area contributed by atoms with Gasteiger partial charge in [-0.1, -0.05) is 13.8 Å². The van der Waals surface area contributed by atoms with Crippen molar-refractivity contribution in [3.05, 3.63) is 0 Å². The maximum atomic E-state index is 11.3. The van der Waals surface area contributed by atoms with Gasteiger partial charge in [-0.2, -0.15) is 5.48 Å². The molecule has 0 aliphatic heterocycles. The Bertz CT molecular complexity index is 224. The quantitative estimate of drug-likeness (QED) is 0.704. The van der Waals surface area contributed by atoms with Gasteiger partial charge in [0.25, 0.3) is 0 Å². The van der Waals surface area contributed by atoms with Crippen molar-refractivity contribution < 1.29 is 14.4 Å². The summed E-state index contributed by atoms with van der Waals surface area (Å²) < 4.78 is 5.11. The number of hydroxylamine groups is 1. The molecule has 1 atom stereocenters. The van der Waals surface area contributed by atoms with Gasteiger partial charge in [0.15, 0.2) is 0 Å². The number of ether oxygens (including phenoxy) is 1. The molecule has 0 fully saturated rings. The topological polar surface area (TPSA) is 59.6 Å². The highest BCUT2D eigenvalue weighted by molar-refractivity contribution is 5.67. The first-order valence-corrected chi connectivity index (χ1v) is 6.05. The van der Waals surface area contributed by atoms with Gasteiger partial charge in [0.1, 0.15) is 5.60 Å². The molecular weight excluding hydrogens is 220 g/mol. The summed E-state index contributed by atoms with van der Waals surface area (Å²) in [4.78, 5) is 16.6. The van der Waals surface area contributed by atoms with E-state index >= 15 is 0 Å². The minimum Gasteiger partial charge on any atom is -0.444 e. The Balaban J connectivity index is 3.62. The highest BCUT2D eigenvalue weighted by Crippen LogP contribution is 2.06. The third-order valence-electron chi connectivity index (χ3n) is 1.65. The van der Waals surface area contributed by atoms with Crippen LogP contribution in [0.2, 0.25) is 0 Å². The SMILES string of the molecule is CC(C)CONC(C)CNC(=O)OC(C)(C)C. The average Bonchev–Trinajstić information content (AvgIpc) is 2.11. The molecule has 0 bridgehead atoms. The maximum absolute atomic E-state index is 11.3.